The van der Waals surface area contributed by atoms with E-state index in [0.717, 1.165) is 0 Å². The van der Waals surface area contributed by atoms with Crippen LogP contribution in [-0.2, 0) is 0 Å². The Balaban J connectivity index is 2.21. The maximum Gasteiger partial charge on any atom is 0.180 e. The van der Waals surface area contributed by atoms with Crippen LogP contribution >= 0.6 is 23.2 Å². The van der Waals surface area contributed by atoms with Gasteiger partial charge in [-0.25, -0.2) is 14.4 Å². The lowest BCUT2D eigenvalue weighted by molar-refractivity contribution is 0.391. The molecule has 120 valence electrons. The highest BCUT2D eigenvalue weighted by atomic mass is 35.5. The molecule has 0 bridgehead atoms. The Morgan fingerprint density at radius 2 is 1.88 bits per heavy atom. The second-order valence-electron chi connectivity index (χ2n) is 4.77. The van der Waals surface area contributed by atoms with E-state index in [0.29, 0.717) is 16.8 Å². The summed E-state index contributed by atoms with van der Waals surface area (Å²) in [6, 6.07) is 9.46. The minimum absolute atomic E-state index is 0.0292. The highest BCUT2D eigenvalue weighted by Gasteiger charge is 2.14. The molecule has 24 heavy (non-hydrogen) atoms. The van der Waals surface area contributed by atoms with Gasteiger partial charge in [-0.05, 0) is 30.3 Å². The molecular weight excluding hydrogens is 354 g/mol. The van der Waals surface area contributed by atoms with Crippen LogP contribution in [0.25, 0.3) is 10.9 Å². The average Bonchev–Trinajstić information content (AvgIpc) is 2.53. The van der Waals surface area contributed by atoms with Crippen molar-refractivity contribution in [1.29, 1.82) is 5.26 Å². The molecule has 0 atom stereocenters. The van der Waals surface area contributed by atoms with E-state index in [-0.39, 0.29) is 27.3 Å². The lowest BCUT2D eigenvalue weighted by Crippen LogP contribution is -1.99. The summed E-state index contributed by atoms with van der Waals surface area (Å²) in [5.74, 6) is -0.591. The van der Waals surface area contributed by atoms with E-state index in [9.17, 15) is 9.65 Å². The molecule has 0 saturated heterocycles. The first kappa shape index (κ1) is 16.2. The number of fused-ring (bicyclic) bond motifs is 1. The maximum absolute atomic E-state index is 13.9. The van der Waals surface area contributed by atoms with Crippen LogP contribution in [0.5, 0.6) is 5.75 Å². The fourth-order valence-corrected chi connectivity index (χ4v) is 2.75. The van der Waals surface area contributed by atoms with Gasteiger partial charge in [0.25, 0.3) is 0 Å². The summed E-state index contributed by atoms with van der Waals surface area (Å²) in [6.07, 6.45) is 0. The van der Waals surface area contributed by atoms with Crippen LogP contribution in [-0.4, -0.2) is 17.1 Å². The highest BCUT2D eigenvalue weighted by Crippen LogP contribution is 2.34. The summed E-state index contributed by atoms with van der Waals surface area (Å²) >= 11 is 11.8. The first-order valence-electron chi connectivity index (χ1n) is 6.69. The molecule has 0 spiro atoms. The van der Waals surface area contributed by atoms with Crippen LogP contribution in [0, 0.1) is 17.1 Å². The quantitative estimate of drug-likeness (QED) is 0.683. The Labute approximate surface area is 146 Å². The Hall–Kier alpha value is -2.62. The summed E-state index contributed by atoms with van der Waals surface area (Å²) in [5, 5.41) is 13.3. The van der Waals surface area contributed by atoms with Crippen molar-refractivity contribution in [3.05, 3.63) is 52.1 Å². The van der Waals surface area contributed by atoms with Crippen molar-refractivity contribution in [2.75, 3.05) is 12.4 Å². The van der Waals surface area contributed by atoms with Gasteiger partial charge in [-0.3, -0.25) is 0 Å². The fourth-order valence-electron chi connectivity index (χ4n) is 2.29. The Kier molecular flexibility index (Phi) is 4.38. The third-order valence-electron chi connectivity index (χ3n) is 3.25. The highest BCUT2D eigenvalue weighted by molar-refractivity contribution is 6.32. The number of benzene rings is 1. The minimum Gasteiger partial charge on any atom is -0.491 e. The summed E-state index contributed by atoms with van der Waals surface area (Å²) < 4.78 is 19.0. The fraction of sp³-hybridized carbons (Fsp3) is 0.0625. The Morgan fingerprint density at radius 3 is 2.50 bits per heavy atom. The van der Waals surface area contributed by atoms with Gasteiger partial charge in [-0.1, -0.05) is 23.2 Å². The molecule has 3 rings (SSSR count). The molecule has 2 heterocycles. The van der Waals surface area contributed by atoms with E-state index in [1.165, 1.54) is 13.2 Å². The SMILES string of the molecule is COc1c(F)ccc2c(Nc3cc(Cl)nc(Cl)c3)cc(C#N)nc12. The number of hydrogen-bond donors (Lipinski definition) is 1. The Bertz CT molecular complexity index is 968. The molecule has 1 aromatic carbocycles. The minimum atomic E-state index is -0.562. The number of pyridine rings is 2. The molecule has 1 N–H and O–H groups in total. The maximum atomic E-state index is 13.9. The van der Waals surface area contributed by atoms with Gasteiger partial charge in [0.2, 0.25) is 0 Å². The van der Waals surface area contributed by atoms with Gasteiger partial charge in [-0.15, -0.1) is 0 Å². The van der Waals surface area contributed by atoms with Crippen LogP contribution in [0.4, 0.5) is 15.8 Å². The number of nitriles is 1. The van der Waals surface area contributed by atoms with Crippen molar-refractivity contribution >= 4 is 45.5 Å². The molecule has 0 fully saturated rings. The molecular formula is C16H9Cl2FN4O. The molecule has 0 saturated carbocycles. The van der Waals surface area contributed by atoms with Crippen LogP contribution < -0.4 is 10.1 Å². The number of nitrogens with zero attached hydrogens (tertiary/aromatic N) is 3. The van der Waals surface area contributed by atoms with Gasteiger partial charge in [0.15, 0.2) is 11.6 Å². The topological polar surface area (TPSA) is 70.8 Å². The van der Waals surface area contributed by atoms with Crippen molar-refractivity contribution in [1.82, 2.24) is 9.97 Å². The van der Waals surface area contributed by atoms with Gasteiger partial charge < -0.3 is 10.1 Å². The van der Waals surface area contributed by atoms with E-state index < -0.39 is 5.82 Å². The number of rotatable bonds is 3. The van der Waals surface area contributed by atoms with E-state index >= 15 is 0 Å². The number of aromatic nitrogens is 2. The Morgan fingerprint density at radius 1 is 1.17 bits per heavy atom. The van der Waals surface area contributed by atoms with Crippen LogP contribution in [0.2, 0.25) is 10.3 Å². The molecule has 5 nitrogen and oxygen atoms in total. The zero-order valence-corrected chi connectivity index (χ0v) is 13.8. The van der Waals surface area contributed by atoms with Crippen molar-refractivity contribution in [2.45, 2.75) is 0 Å². The number of methoxy groups -OCH3 is 1. The van der Waals surface area contributed by atoms with Crippen molar-refractivity contribution in [3.63, 3.8) is 0 Å². The molecule has 0 amide bonds. The predicted octanol–water partition coefficient (Wildman–Crippen LogP) is 4.70. The summed E-state index contributed by atoms with van der Waals surface area (Å²) in [6.45, 7) is 0. The number of nitrogens with one attached hydrogen (secondary N) is 1. The van der Waals surface area contributed by atoms with Crippen LogP contribution in [0.3, 0.4) is 0 Å². The first-order chi connectivity index (χ1) is 11.5. The number of hydrogen-bond acceptors (Lipinski definition) is 5. The standard InChI is InChI=1S/C16H9Cl2FN4O/c1-24-16-11(19)3-2-10-12(4-9(7-20)22-15(10)16)21-8-5-13(17)23-14(18)6-8/h2-6H,1H3,(H,21,22,23). The van der Waals surface area contributed by atoms with Crippen LogP contribution in [0.15, 0.2) is 30.3 Å². The zero-order valence-electron chi connectivity index (χ0n) is 12.3. The van der Waals surface area contributed by atoms with Gasteiger partial charge in [0.05, 0.1) is 12.8 Å². The third-order valence-corrected chi connectivity index (χ3v) is 3.63. The molecule has 0 aliphatic carbocycles. The van der Waals surface area contributed by atoms with Gasteiger partial charge in [0, 0.05) is 11.1 Å². The summed E-state index contributed by atoms with van der Waals surface area (Å²) in [5.41, 5.74) is 1.46. The molecule has 0 aliphatic rings. The second kappa shape index (κ2) is 6.48. The molecule has 3 aromatic rings. The number of ether oxygens (including phenoxy) is 1. The van der Waals surface area contributed by atoms with E-state index in [1.807, 2.05) is 6.07 Å². The predicted molar refractivity (Wildman–Crippen MR) is 90.5 cm³/mol. The third kappa shape index (κ3) is 3.04. The normalized spacial score (nSPS) is 10.5. The lowest BCUT2D eigenvalue weighted by atomic mass is 10.1. The molecule has 0 unspecified atom stereocenters. The van der Waals surface area contributed by atoms with E-state index in [1.54, 1.807) is 24.3 Å². The monoisotopic (exact) mass is 362 g/mol. The molecule has 0 radical (unpaired) electrons. The molecule has 2 aromatic heterocycles. The largest absolute Gasteiger partial charge is 0.491 e. The van der Waals surface area contributed by atoms with Crippen LogP contribution in [0.1, 0.15) is 5.69 Å². The summed E-state index contributed by atoms with van der Waals surface area (Å²) in [4.78, 5) is 8.00. The van der Waals surface area contributed by atoms with Gasteiger partial charge in [0.1, 0.15) is 27.6 Å². The summed E-state index contributed by atoms with van der Waals surface area (Å²) in [7, 11) is 1.34. The second-order valence-corrected chi connectivity index (χ2v) is 5.54. The number of anilines is 2. The lowest BCUT2D eigenvalue weighted by Gasteiger charge is -2.13. The van der Waals surface area contributed by atoms with Crippen molar-refractivity contribution in [3.8, 4) is 11.8 Å². The molecule has 8 heteroatoms. The van der Waals surface area contributed by atoms with E-state index in [2.05, 4.69) is 15.3 Å². The average molecular weight is 363 g/mol. The van der Waals surface area contributed by atoms with Gasteiger partial charge >= 0.3 is 0 Å². The first-order valence-corrected chi connectivity index (χ1v) is 7.45. The van der Waals surface area contributed by atoms with E-state index in [4.69, 9.17) is 27.9 Å². The zero-order chi connectivity index (χ0) is 17.3. The van der Waals surface area contributed by atoms with Crippen molar-refractivity contribution in [2.24, 2.45) is 0 Å². The number of halogens is 3. The van der Waals surface area contributed by atoms with Gasteiger partial charge in [-0.2, -0.15) is 5.26 Å². The molecule has 0 aliphatic heterocycles. The smallest absolute Gasteiger partial charge is 0.180 e. The van der Waals surface area contributed by atoms with Crippen molar-refractivity contribution < 1.29 is 9.13 Å².